The molecule has 3 aromatic carbocycles. The highest BCUT2D eigenvalue weighted by Crippen LogP contribution is 2.25. The van der Waals surface area contributed by atoms with Crippen molar-refractivity contribution in [1.82, 2.24) is 4.98 Å². The molecular weight excluding hydrogens is 364 g/mol. The number of aromatic nitrogens is 1. The third-order valence-electron chi connectivity index (χ3n) is 4.59. The quantitative estimate of drug-likeness (QED) is 0.508. The van der Waals surface area contributed by atoms with E-state index in [0.717, 1.165) is 22.2 Å². The van der Waals surface area contributed by atoms with Crippen LogP contribution in [0, 0.1) is 0 Å². The van der Waals surface area contributed by atoms with Gasteiger partial charge in [-0.2, -0.15) is 0 Å². The van der Waals surface area contributed by atoms with Crippen molar-refractivity contribution in [3.8, 4) is 11.3 Å². The molecule has 4 aromatic rings. The average Bonchev–Trinajstić information content (AvgIpc) is 2.78. The van der Waals surface area contributed by atoms with Gasteiger partial charge in [0.1, 0.15) is 0 Å². The monoisotopic (exact) mass is 382 g/mol. The molecule has 0 atom stereocenters. The molecule has 29 heavy (non-hydrogen) atoms. The number of benzene rings is 3. The number of carbonyl (C=O) groups excluding carboxylic acids is 2. The van der Waals surface area contributed by atoms with Crippen LogP contribution in [0.25, 0.3) is 22.2 Å². The number of amides is 1. The Morgan fingerprint density at radius 2 is 1.55 bits per heavy atom. The van der Waals surface area contributed by atoms with E-state index in [1.807, 2.05) is 54.6 Å². The van der Waals surface area contributed by atoms with Crippen LogP contribution < -0.4 is 5.32 Å². The summed E-state index contributed by atoms with van der Waals surface area (Å²) in [6.07, 6.45) is 0. The molecule has 5 heteroatoms. The van der Waals surface area contributed by atoms with Crippen molar-refractivity contribution < 1.29 is 14.3 Å². The maximum absolute atomic E-state index is 13.1. The highest BCUT2D eigenvalue weighted by molar-refractivity contribution is 6.13. The minimum absolute atomic E-state index is 0.244. The van der Waals surface area contributed by atoms with Crippen LogP contribution in [0.4, 0.5) is 5.69 Å². The number of rotatable bonds is 4. The van der Waals surface area contributed by atoms with Crippen molar-refractivity contribution in [2.75, 3.05) is 12.4 Å². The molecule has 1 amide bonds. The van der Waals surface area contributed by atoms with Gasteiger partial charge in [-0.05, 0) is 36.4 Å². The molecule has 1 heterocycles. The minimum atomic E-state index is -0.421. The van der Waals surface area contributed by atoms with Gasteiger partial charge >= 0.3 is 5.97 Å². The summed E-state index contributed by atoms with van der Waals surface area (Å²) in [5.74, 6) is -0.665. The van der Waals surface area contributed by atoms with Gasteiger partial charge in [0.2, 0.25) is 0 Å². The zero-order valence-corrected chi connectivity index (χ0v) is 15.8. The third-order valence-corrected chi connectivity index (χ3v) is 4.59. The van der Waals surface area contributed by atoms with Gasteiger partial charge in [-0.1, -0.05) is 48.5 Å². The number of hydrogen-bond donors (Lipinski definition) is 1. The zero-order chi connectivity index (χ0) is 20.2. The van der Waals surface area contributed by atoms with Crippen LogP contribution in [0.1, 0.15) is 20.7 Å². The maximum atomic E-state index is 13.1. The Morgan fingerprint density at radius 1 is 0.862 bits per heavy atom. The van der Waals surface area contributed by atoms with Gasteiger partial charge in [-0.3, -0.25) is 4.79 Å². The first kappa shape index (κ1) is 18.4. The Morgan fingerprint density at radius 3 is 2.28 bits per heavy atom. The van der Waals surface area contributed by atoms with Crippen LogP contribution in [-0.4, -0.2) is 24.0 Å². The number of para-hydroxylation sites is 1. The smallest absolute Gasteiger partial charge is 0.337 e. The lowest BCUT2D eigenvalue weighted by molar-refractivity contribution is 0.0600. The number of esters is 1. The van der Waals surface area contributed by atoms with E-state index >= 15 is 0 Å². The molecule has 1 N–H and O–H groups in total. The molecule has 142 valence electrons. The number of carbonyl (C=O) groups is 2. The first-order valence-electron chi connectivity index (χ1n) is 9.10. The van der Waals surface area contributed by atoms with Crippen molar-refractivity contribution in [2.45, 2.75) is 0 Å². The topological polar surface area (TPSA) is 68.3 Å². The highest BCUT2D eigenvalue weighted by atomic mass is 16.5. The van der Waals surface area contributed by atoms with Gasteiger partial charge < -0.3 is 10.1 Å². The minimum Gasteiger partial charge on any atom is -0.465 e. The van der Waals surface area contributed by atoms with E-state index < -0.39 is 5.97 Å². The van der Waals surface area contributed by atoms with E-state index in [2.05, 4.69) is 5.32 Å². The molecule has 0 aliphatic carbocycles. The van der Waals surface area contributed by atoms with Gasteiger partial charge in [-0.15, -0.1) is 0 Å². The molecule has 0 aliphatic rings. The number of nitrogens with zero attached hydrogens (tertiary/aromatic N) is 1. The van der Waals surface area contributed by atoms with E-state index in [9.17, 15) is 9.59 Å². The summed E-state index contributed by atoms with van der Waals surface area (Å²) in [6.45, 7) is 0. The summed E-state index contributed by atoms with van der Waals surface area (Å²) < 4.78 is 4.70. The average molecular weight is 382 g/mol. The predicted molar refractivity (Wildman–Crippen MR) is 113 cm³/mol. The van der Waals surface area contributed by atoms with Crippen molar-refractivity contribution in [3.05, 3.63) is 96.1 Å². The lowest BCUT2D eigenvalue weighted by Crippen LogP contribution is -2.13. The molecule has 0 bridgehead atoms. The van der Waals surface area contributed by atoms with Gasteiger partial charge in [0.15, 0.2) is 0 Å². The van der Waals surface area contributed by atoms with Crippen molar-refractivity contribution in [3.63, 3.8) is 0 Å². The second kappa shape index (κ2) is 7.94. The number of pyridine rings is 1. The van der Waals surface area contributed by atoms with Crippen molar-refractivity contribution in [2.24, 2.45) is 0 Å². The molecule has 5 nitrogen and oxygen atoms in total. The van der Waals surface area contributed by atoms with E-state index in [4.69, 9.17) is 9.72 Å². The van der Waals surface area contributed by atoms with Crippen LogP contribution in [-0.2, 0) is 4.74 Å². The molecule has 4 rings (SSSR count). The van der Waals surface area contributed by atoms with Gasteiger partial charge in [0.25, 0.3) is 5.91 Å². The Kier molecular flexibility index (Phi) is 5.03. The number of anilines is 1. The van der Waals surface area contributed by atoms with E-state index in [-0.39, 0.29) is 5.91 Å². The lowest BCUT2D eigenvalue weighted by Gasteiger charge is -2.11. The molecule has 0 saturated carbocycles. The van der Waals surface area contributed by atoms with Crippen LogP contribution in [0.2, 0.25) is 0 Å². The first-order chi connectivity index (χ1) is 14.2. The second-order valence-electron chi connectivity index (χ2n) is 6.46. The summed E-state index contributed by atoms with van der Waals surface area (Å²) in [6, 6.07) is 25.7. The second-order valence-corrected chi connectivity index (χ2v) is 6.46. The van der Waals surface area contributed by atoms with Gasteiger partial charge in [0, 0.05) is 16.6 Å². The maximum Gasteiger partial charge on any atom is 0.337 e. The summed E-state index contributed by atoms with van der Waals surface area (Å²) in [5.41, 5.74) is 3.97. The summed E-state index contributed by atoms with van der Waals surface area (Å²) in [5, 5.41) is 3.67. The Balaban J connectivity index is 1.70. The molecule has 0 aliphatic heterocycles. The summed E-state index contributed by atoms with van der Waals surface area (Å²) in [7, 11) is 1.33. The van der Waals surface area contributed by atoms with E-state index in [0.29, 0.717) is 16.8 Å². The predicted octanol–water partition coefficient (Wildman–Crippen LogP) is 4.94. The van der Waals surface area contributed by atoms with Crippen LogP contribution in [0.3, 0.4) is 0 Å². The van der Waals surface area contributed by atoms with Crippen molar-refractivity contribution >= 4 is 28.5 Å². The Labute approximate surface area is 168 Å². The summed E-state index contributed by atoms with van der Waals surface area (Å²) >= 11 is 0. The van der Waals surface area contributed by atoms with E-state index in [1.54, 1.807) is 30.3 Å². The fourth-order valence-corrected chi connectivity index (χ4v) is 3.13. The first-order valence-corrected chi connectivity index (χ1v) is 9.10. The van der Waals surface area contributed by atoms with Gasteiger partial charge in [0.05, 0.1) is 29.4 Å². The molecular formula is C24H18N2O3. The van der Waals surface area contributed by atoms with Crippen LogP contribution in [0.15, 0.2) is 84.9 Å². The number of methoxy groups -OCH3 is 1. The standard InChI is InChI=1S/C24H18N2O3/c1-29-24(28)17-11-13-18(14-12-17)25-23(27)20-15-22(16-7-3-2-4-8-16)26-21-10-6-5-9-19(20)21/h2-15H,1H3,(H,25,27). The molecule has 0 radical (unpaired) electrons. The molecule has 0 saturated heterocycles. The molecule has 1 aromatic heterocycles. The van der Waals surface area contributed by atoms with Crippen molar-refractivity contribution in [1.29, 1.82) is 0 Å². The largest absolute Gasteiger partial charge is 0.465 e. The van der Waals surface area contributed by atoms with E-state index in [1.165, 1.54) is 7.11 Å². The number of hydrogen-bond acceptors (Lipinski definition) is 4. The normalized spacial score (nSPS) is 10.5. The van der Waals surface area contributed by atoms with Crippen LogP contribution in [0.5, 0.6) is 0 Å². The fourth-order valence-electron chi connectivity index (χ4n) is 3.13. The number of nitrogens with one attached hydrogen (secondary N) is 1. The highest BCUT2D eigenvalue weighted by Gasteiger charge is 2.14. The fraction of sp³-hybridized carbons (Fsp3) is 0.0417. The summed E-state index contributed by atoms with van der Waals surface area (Å²) in [4.78, 5) is 29.3. The molecule has 0 unspecified atom stereocenters. The number of fused-ring (bicyclic) bond motifs is 1. The van der Waals surface area contributed by atoms with Crippen LogP contribution >= 0.6 is 0 Å². The Hall–Kier alpha value is -3.99. The third kappa shape index (κ3) is 3.84. The molecule has 0 spiro atoms. The Bertz CT molecular complexity index is 1190. The van der Waals surface area contributed by atoms with Gasteiger partial charge in [-0.25, -0.2) is 9.78 Å². The number of ether oxygens (including phenoxy) is 1. The lowest BCUT2D eigenvalue weighted by atomic mass is 10.0. The SMILES string of the molecule is COC(=O)c1ccc(NC(=O)c2cc(-c3ccccc3)nc3ccccc23)cc1. The zero-order valence-electron chi connectivity index (χ0n) is 15.8. The molecule has 0 fully saturated rings.